The number of guanidine groups is 1. The lowest BCUT2D eigenvalue weighted by Crippen LogP contribution is -2.37. The standard InChI is InChI=1S/C21H24FN5O.HI/c1-23-21(24-12-2-14-27-15-3-13-26-27)25-16-17-4-8-19(9-5-17)28-20-10-6-18(22)7-11-20;/h3-11,13,15H,2,12,14,16H2,1H3,(H2,23,24,25);1H. The second kappa shape index (κ2) is 12.1. The lowest BCUT2D eigenvalue weighted by molar-refractivity contribution is 0.480. The van der Waals surface area contributed by atoms with Gasteiger partial charge < -0.3 is 15.4 Å². The number of halogens is 2. The summed E-state index contributed by atoms with van der Waals surface area (Å²) < 4.78 is 20.5. The molecule has 0 atom stereocenters. The zero-order chi connectivity index (χ0) is 19.6. The number of nitrogens with one attached hydrogen (secondary N) is 2. The molecule has 0 aliphatic carbocycles. The van der Waals surface area contributed by atoms with Crippen LogP contribution >= 0.6 is 24.0 Å². The van der Waals surface area contributed by atoms with Gasteiger partial charge in [0.05, 0.1) is 0 Å². The Morgan fingerprint density at radius 2 is 1.76 bits per heavy atom. The van der Waals surface area contributed by atoms with E-state index in [-0.39, 0.29) is 29.8 Å². The maximum Gasteiger partial charge on any atom is 0.191 e. The van der Waals surface area contributed by atoms with E-state index in [0.29, 0.717) is 18.0 Å². The van der Waals surface area contributed by atoms with E-state index in [4.69, 9.17) is 4.74 Å². The highest BCUT2D eigenvalue weighted by atomic mass is 127. The number of hydrogen-bond donors (Lipinski definition) is 2. The fraction of sp³-hybridized carbons (Fsp3) is 0.238. The van der Waals surface area contributed by atoms with E-state index >= 15 is 0 Å². The molecule has 1 aromatic heterocycles. The first kappa shape index (κ1) is 22.7. The predicted octanol–water partition coefficient (Wildman–Crippen LogP) is 4.19. The molecule has 0 fully saturated rings. The molecule has 29 heavy (non-hydrogen) atoms. The van der Waals surface area contributed by atoms with Crippen molar-refractivity contribution in [2.45, 2.75) is 19.5 Å². The van der Waals surface area contributed by atoms with Crippen LogP contribution in [0.2, 0.25) is 0 Å². The molecule has 0 amide bonds. The van der Waals surface area contributed by atoms with E-state index in [1.165, 1.54) is 12.1 Å². The van der Waals surface area contributed by atoms with Gasteiger partial charge in [0.25, 0.3) is 0 Å². The van der Waals surface area contributed by atoms with Gasteiger partial charge in [0.2, 0.25) is 0 Å². The van der Waals surface area contributed by atoms with E-state index in [0.717, 1.165) is 31.0 Å². The number of nitrogens with zero attached hydrogens (tertiary/aromatic N) is 3. The maximum absolute atomic E-state index is 12.9. The molecule has 3 aromatic rings. The average Bonchev–Trinajstić information content (AvgIpc) is 3.24. The molecule has 0 radical (unpaired) electrons. The minimum atomic E-state index is -0.280. The maximum atomic E-state index is 12.9. The first-order chi connectivity index (χ1) is 13.7. The van der Waals surface area contributed by atoms with Crippen LogP contribution in [0.1, 0.15) is 12.0 Å². The molecule has 2 aromatic carbocycles. The van der Waals surface area contributed by atoms with Crippen LogP contribution in [0.4, 0.5) is 4.39 Å². The third kappa shape index (κ3) is 7.72. The number of aryl methyl sites for hydroxylation is 1. The Morgan fingerprint density at radius 1 is 1.07 bits per heavy atom. The molecule has 6 nitrogen and oxygen atoms in total. The molecule has 0 saturated carbocycles. The Labute approximate surface area is 187 Å². The monoisotopic (exact) mass is 509 g/mol. The summed E-state index contributed by atoms with van der Waals surface area (Å²) in [6.07, 6.45) is 4.69. The second-order valence-corrected chi connectivity index (χ2v) is 6.18. The Balaban J connectivity index is 0.00000300. The molecule has 154 valence electrons. The Bertz CT molecular complexity index is 867. The van der Waals surface area contributed by atoms with Gasteiger partial charge in [-0.25, -0.2) is 4.39 Å². The Kier molecular flexibility index (Phi) is 9.42. The Morgan fingerprint density at radius 3 is 2.38 bits per heavy atom. The number of aromatic nitrogens is 2. The van der Waals surface area contributed by atoms with Gasteiger partial charge in [0.15, 0.2) is 5.96 Å². The van der Waals surface area contributed by atoms with Gasteiger partial charge in [-0.15, -0.1) is 24.0 Å². The topological polar surface area (TPSA) is 63.5 Å². The van der Waals surface area contributed by atoms with Crippen molar-refractivity contribution >= 4 is 29.9 Å². The molecule has 2 N–H and O–H groups in total. The number of ether oxygens (including phenoxy) is 1. The van der Waals surface area contributed by atoms with Crippen LogP contribution in [-0.2, 0) is 13.1 Å². The largest absolute Gasteiger partial charge is 0.457 e. The van der Waals surface area contributed by atoms with Crippen LogP contribution < -0.4 is 15.4 Å². The van der Waals surface area contributed by atoms with E-state index in [2.05, 4.69) is 20.7 Å². The summed E-state index contributed by atoms with van der Waals surface area (Å²) in [5, 5.41) is 10.8. The van der Waals surface area contributed by atoms with Gasteiger partial charge in [-0.3, -0.25) is 9.67 Å². The molecule has 0 spiro atoms. The van der Waals surface area contributed by atoms with E-state index in [1.807, 2.05) is 41.2 Å². The molecule has 0 saturated heterocycles. The van der Waals surface area contributed by atoms with Gasteiger partial charge in [0, 0.05) is 39.1 Å². The molecule has 0 unspecified atom stereocenters. The number of benzene rings is 2. The molecule has 0 bridgehead atoms. The van der Waals surface area contributed by atoms with Crippen LogP contribution in [0, 0.1) is 5.82 Å². The summed E-state index contributed by atoms with van der Waals surface area (Å²) in [5.41, 5.74) is 1.10. The highest BCUT2D eigenvalue weighted by Crippen LogP contribution is 2.21. The quantitative estimate of drug-likeness (QED) is 0.207. The molecule has 0 aliphatic heterocycles. The molecule has 0 aliphatic rings. The minimum Gasteiger partial charge on any atom is -0.457 e. The van der Waals surface area contributed by atoms with E-state index in [1.54, 1.807) is 25.4 Å². The average molecular weight is 509 g/mol. The summed E-state index contributed by atoms with van der Waals surface area (Å²) in [5.74, 6) is 1.78. The van der Waals surface area contributed by atoms with Gasteiger partial charge in [-0.2, -0.15) is 5.10 Å². The summed E-state index contributed by atoms with van der Waals surface area (Å²) in [6.45, 7) is 2.33. The first-order valence-corrected chi connectivity index (χ1v) is 9.17. The van der Waals surface area contributed by atoms with E-state index < -0.39 is 0 Å². The van der Waals surface area contributed by atoms with Gasteiger partial charge in [-0.1, -0.05) is 12.1 Å². The van der Waals surface area contributed by atoms with Crippen LogP contribution in [0.3, 0.4) is 0 Å². The molecule has 1 heterocycles. The van der Waals surface area contributed by atoms with Crippen molar-refractivity contribution in [2.24, 2.45) is 4.99 Å². The predicted molar refractivity (Wildman–Crippen MR) is 123 cm³/mol. The minimum absolute atomic E-state index is 0. The van der Waals surface area contributed by atoms with Crippen LogP contribution in [0.25, 0.3) is 0 Å². The first-order valence-electron chi connectivity index (χ1n) is 9.17. The zero-order valence-corrected chi connectivity index (χ0v) is 18.5. The van der Waals surface area contributed by atoms with Crippen molar-refractivity contribution < 1.29 is 9.13 Å². The molecule has 8 heteroatoms. The summed E-state index contributed by atoms with van der Waals surface area (Å²) in [7, 11) is 1.75. The van der Waals surface area contributed by atoms with Gasteiger partial charge >= 0.3 is 0 Å². The number of rotatable bonds is 8. The Hall–Kier alpha value is -2.62. The van der Waals surface area contributed by atoms with Crippen LogP contribution in [0.15, 0.2) is 72.0 Å². The van der Waals surface area contributed by atoms with Crippen molar-refractivity contribution in [2.75, 3.05) is 13.6 Å². The third-order valence-corrected chi connectivity index (χ3v) is 4.07. The number of aliphatic imine (C=N–C) groups is 1. The van der Waals surface area contributed by atoms with Crippen molar-refractivity contribution in [3.8, 4) is 11.5 Å². The van der Waals surface area contributed by atoms with Crippen LogP contribution in [-0.4, -0.2) is 29.3 Å². The fourth-order valence-electron chi connectivity index (χ4n) is 2.60. The zero-order valence-electron chi connectivity index (χ0n) is 16.2. The summed E-state index contributed by atoms with van der Waals surface area (Å²) in [4.78, 5) is 4.23. The van der Waals surface area contributed by atoms with Gasteiger partial charge in [-0.05, 0) is 54.4 Å². The van der Waals surface area contributed by atoms with Crippen LogP contribution in [0.5, 0.6) is 11.5 Å². The number of hydrogen-bond acceptors (Lipinski definition) is 3. The van der Waals surface area contributed by atoms with Crippen molar-refractivity contribution in [3.63, 3.8) is 0 Å². The normalized spacial score (nSPS) is 10.9. The fourth-order valence-corrected chi connectivity index (χ4v) is 2.60. The SMILES string of the molecule is CN=C(NCCCn1cccn1)NCc1ccc(Oc2ccc(F)cc2)cc1.I. The highest BCUT2D eigenvalue weighted by molar-refractivity contribution is 14.0. The lowest BCUT2D eigenvalue weighted by atomic mass is 10.2. The van der Waals surface area contributed by atoms with Crippen molar-refractivity contribution in [1.82, 2.24) is 20.4 Å². The second-order valence-electron chi connectivity index (χ2n) is 6.18. The van der Waals surface area contributed by atoms with Gasteiger partial charge in [0.1, 0.15) is 17.3 Å². The lowest BCUT2D eigenvalue weighted by Gasteiger charge is -2.12. The molecular weight excluding hydrogens is 484 g/mol. The smallest absolute Gasteiger partial charge is 0.191 e. The van der Waals surface area contributed by atoms with Crippen molar-refractivity contribution in [1.29, 1.82) is 0 Å². The highest BCUT2D eigenvalue weighted by Gasteiger charge is 2.01. The third-order valence-electron chi connectivity index (χ3n) is 4.07. The van der Waals surface area contributed by atoms with E-state index in [9.17, 15) is 4.39 Å². The molecule has 3 rings (SSSR count). The summed E-state index contributed by atoms with van der Waals surface area (Å²) >= 11 is 0. The summed E-state index contributed by atoms with van der Waals surface area (Å²) in [6, 6.07) is 15.6. The van der Waals surface area contributed by atoms with Crippen molar-refractivity contribution in [3.05, 3.63) is 78.4 Å². The molecular formula is C21H25FIN5O.